The Morgan fingerprint density at radius 1 is 1.04 bits per heavy atom. The topological polar surface area (TPSA) is 20.3 Å². The van der Waals surface area contributed by atoms with E-state index in [-0.39, 0.29) is 5.91 Å². The molecular weight excluding hydrogens is 294 g/mol. The minimum atomic E-state index is 0.231. The van der Waals surface area contributed by atoms with Gasteiger partial charge < -0.3 is 4.90 Å². The van der Waals surface area contributed by atoms with Crippen molar-refractivity contribution in [2.45, 2.75) is 52.0 Å². The fourth-order valence-corrected chi connectivity index (χ4v) is 2.91. The van der Waals surface area contributed by atoms with Crippen molar-refractivity contribution in [1.29, 1.82) is 0 Å². The molecule has 2 aromatic rings. The van der Waals surface area contributed by atoms with E-state index in [1.54, 1.807) is 0 Å². The fourth-order valence-electron chi connectivity index (χ4n) is 2.91. The summed E-state index contributed by atoms with van der Waals surface area (Å²) in [6.45, 7) is 2.84. The molecule has 2 nitrogen and oxygen atoms in total. The van der Waals surface area contributed by atoms with Crippen LogP contribution in [0.25, 0.3) is 11.1 Å². The van der Waals surface area contributed by atoms with Gasteiger partial charge in [-0.25, -0.2) is 0 Å². The second-order valence-electron chi connectivity index (χ2n) is 6.36. The molecule has 0 saturated carbocycles. The van der Waals surface area contributed by atoms with Crippen molar-refractivity contribution in [2.24, 2.45) is 0 Å². The number of rotatable bonds is 9. The Bertz CT molecular complexity index is 621. The van der Waals surface area contributed by atoms with Crippen molar-refractivity contribution in [3.8, 4) is 11.1 Å². The van der Waals surface area contributed by atoms with Crippen LogP contribution < -0.4 is 0 Å². The lowest BCUT2D eigenvalue weighted by Gasteiger charge is -2.19. The number of hydrogen-bond acceptors (Lipinski definition) is 1. The first-order chi connectivity index (χ1) is 11.7. The van der Waals surface area contributed by atoms with Crippen LogP contribution in [0, 0.1) is 6.07 Å². The number of carbonyl (C=O) groups excluding carboxylic acids is 1. The zero-order valence-electron chi connectivity index (χ0n) is 14.9. The van der Waals surface area contributed by atoms with Crippen molar-refractivity contribution in [3.05, 3.63) is 60.2 Å². The predicted octanol–water partition coefficient (Wildman–Crippen LogP) is 5.47. The van der Waals surface area contributed by atoms with Crippen LogP contribution in [-0.2, 0) is 11.3 Å². The first kappa shape index (κ1) is 18.3. The Labute approximate surface area is 146 Å². The van der Waals surface area contributed by atoms with E-state index in [2.05, 4.69) is 31.2 Å². The highest BCUT2D eigenvalue weighted by Gasteiger charge is 2.12. The zero-order chi connectivity index (χ0) is 17.2. The summed E-state index contributed by atoms with van der Waals surface area (Å²) in [6, 6.07) is 19.5. The molecule has 0 aliphatic heterocycles. The van der Waals surface area contributed by atoms with Crippen LogP contribution in [0.5, 0.6) is 0 Å². The lowest BCUT2D eigenvalue weighted by molar-refractivity contribution is -0.130. The van der Waals surface area contributed by atoms with Crippen molar-refractivity contribution >= 4 is 5.91 Å². The van der Waals surface area contributed by atoms with Gasteiger partial charge in [0.2, 0.25) is 5.91 Å². The van der Waals surface area contributed by atoms with E-state index in [1.807, 2.05) is 42.3 Å². The minimum Gasteiger partial charge on any atom is -0.341 e. The molecule has 0 aliphatic carbocycles. The van der Waals surface area contributed by atoms with Crippen LogP contribution in [0.1, 0.15) is 51.0 Å². The van der Waals surface area contributed by atoms with E-state index in [4.69, 9.17) is 0 Å². The average Bonchev–Trinajstić information content (AvgIpc) is 2.62. The molecule has 127 valence electrons. The van der Waals surface area contributed by atoms with Crippen LogP contribution in [0.15, 0.2) is 48.5 Å². The molecule has 0 bridgehead atoms. The summed E-state index contributed by atoms with van der Waals surface area (Å²) in [5, 5.41) is 0. The SMILES string of the molecule is CCCCCCCC(=O)N(C)Cc1c[c]ccc1-c1ccccc1. The van der Waals surface area contributed by atoms with E-state index >= 15 is 0 Å². The largest absolute Gasteiger partial charge is 0.341 e. The van der Waals surface area contributed by atoms with Crippen molar-refractivity contribution in [2.75, 3.05) is 7.05 Å². The Kier molecular flexibility index (Phi) is 7.54. The van der Waals surface area contributed by atoms with Crippen molar-refractivity contribution in [1.82, 2.24) is 4.90 Å². The minimum absolute atomic E-state index is 0.231. The smallest absolute Gasteiger partial charge is 0.222 e. The van der Waals surface area contributed by atoms with Gasteiger partial charge in [-0.1, -0.05) is 75.1 Å². The van der Waals surface area contributed by atoms with Gasteiger partial charge in [-0.2, -0.15) is 0 Å². The van der Waals surface area contributed by atoms with Gasteiger partial charge in [0.1, 0.15) is 0 Å². The lowest BCUT2D eigenvalue weighted by atomic mass is 9.99. The average molecular weight is 322 g/mol. The van der Waals surface area contributed by atoms with E-state index in [0.29, 0.717) is 13.0 Å². The number of benzene rings is 2. The summed E-state index contributed by atoms with van der Waals surface area (Å²) in [5.41, 5.74) is 3.50. The van der Waals surface area contributed by atoms with Gasteiger partial charge >= 0.3 is 0 Å². The summed E-state index contributed by atoms with van der Waals surface area (Å²) in [5.74, 6) is 0.231. The fraction of sp³-hybridized carbons (Fsp3) is 0.409. The molecule has 0 atom stereocenters. The second kappa shape index (κ2) is 9.92. The molecule has 0 N–H and O–H groups in total. The third kappa shape index (κ3) is 5.52. The second-order valence-corrected chi connectivity index (χ2v) is 6.36. The van der Waals surface area contributed by atoms with Crippen LogP contribution in [0.2, 0.25) is 0 Å². The van der Waals surface area contributed by atoms with E-state index in [1.165, 1.54) is 30.4 Å². The molecule has 0 aliphatic rings. The number of amides is 1. The molecular formula is C22H28NO. The predicted molar refractivity (Wildman–Crippen MR) is 101 cm³/mol. The monoisotopic (exact) mass is 322 g/mol. The van der Waals surface area contributed by atoms with Gasteiger partial charge in [0.25, 0.3) is 0 Å². The molecule has 0 aromatic heterocycles. The highest BCUT2D eigenvalue weighted by molar-refractivity contribution is 5.76. The van der Waals surface area contributed by atoms with Gasteiger partial charge in [0.05, 0.1) is 0 Å². The summed E-state index contributed by atoms with van der Waals surface area (Å²) >= 11 is 0. The summed E-state index contributed by atoms with van der Waals surface area (Å²) in [7, 11) is 1.90. The van der Waals surface area contributed by atoms with Gasteiger partial charge in [-0.15, -0.1) is 0 Å². The van der Waals surface area contributed by atoms with Crippen molar-refractivity contribution < 1.29 is 4.79 Å². The van der Waals surface area contributed by atoms with Crippen LogP contribution in [0.4, 0.5) is 0 Å². The molecule has 0 saturated heterocycles. The van der Waals surface area contributed by atoms with Crippen LogP contribution in [0.3, 0.4) is 0 Å². The van der Waals surface area contributed by atoms with Gasteiger partial charge in [0, 0.05) is 20.0 Å². The first-order valence-corrected chi connectivity index (χ1v) is 9.00. The maximum Gasteiger partial charge on any atom is 0.222 e. The summed E-state index contributed by atoms with van der Waals surface area (Å²) in [4.78, 5) is 14.2. The third-order valence-corrected chi connectivity index (χ3v) is 4.36. The molecule has 2 heteroatoms. The highest BCUT2D eigenvalue weighted by Crippen LogP contribution is 2.24. The Morgan fingerprint density at radius 3 is 2.54 bits per heavy atom. The number of carbonyl (C=O) groups is 1. The maximum absolute atomic E-state index is 12.3. The number of hydrogen-bond donors (Lipinski definition) is 0. The normalized spacial score (nSPS) is 10.6. The summed E-state index contributed by atoms with van der Waals surface area (Å²) in [6.07, 6.45) is 6.54. The molecule has 0 spiro atoms. The van der Waals surface area contributed by atoms with Gasteiger partial charge in [0.15, 0.2) is 0 Å². The van der Waals surface area contributed by atoms with E-state index in [0.717, 1.165) is 18.4 Å². The van der Waals surface area contributed by atoms with Gasteiger partial charge in [-0.3, -0.25) is 4.79 Å². The molecule has 2 rings (SSSR count). The quantitative estimate of drug-likeness (QED) is 0.560. The Balaban J connectivity index is 1.94. The van der Waals surface area contributed by atoms with Crippen LogP contribution >= 0.6 is 0 Å². The third-order valence-electron chi connectivity index (χ3n) is 4.36. The summed E-state index contributed by atoms with van der Waals surface area (Å²) < 4.78 is 0. The molecule has 1 radical (unpaired) electrons. The van der Waals surface area contributed by atoms with Gasteiger partial charge in [-0.05, 0) is 35.2 Å². The van der Waals surface area contributed by atoms with Crippen LogP contribution in [-0.4, -0.2) is 17.9 Å². The molecule has 2 aromatic carbocycles. The van der Waals surface area contributed by atoms with Crippen molar-refractivity contribution in [3.63, 3.8) is 0 Å². The Hall–Kier alpha value is -2.09. The lowest BCUT2D eigenvalue weighted by Crippen LogP contribution is -2.26. The number of nitrogens with zero attached hydrogens (tertiary/aromatic N) is 1. The maximum atomic E-state index is 12.3. The molecule has 1 amide bonds. The molecule has 0 heterocycles. The van der Waals surface area contributed by atoms with E-state index in [9.17, 15) is 4.79 Å². The first-order valence-electron chi connectivity index (χ1n) is 9.00. The molecule has 0 unspecified atom stereocenters. The van der Waals surface area contributed by atoms with E-state index < -0.39 is 0 Å². The zero-order valence-corrected chi connectivity index (χ0v) is 14.9. The standard InChI is InChI=1S/C22H28NO/c1-3-4-5-6-10-17-22(24)23(2)18-20-15-11-12-16-21(20)19-13-8-7-9-14-19/h7-9,12-16H,3-6,10,17-18H2,1-2H3. The highest BCUT2D eigenvalue weighted by atomic mass is 16.2. The molecule has 24 heavy (non-hydrogen) atoms. The Morgan fingerprint density at radius 2 is 1.79 bits per heavy atom. The molecule has 0 fully saturated rings. The number of unbranched alkanes of at least 4 members (excludes halogenated alkanes) is 4.